The normalized spacial score (nSPS) is 13.2. The maximum atomic E-state index is 6.43. The predicted octanol–water partition coefficient (Wildman–Crippen LogP) is 8.97. The lowest BCUT2D eigenvalue weighted by molar-refractivity contribution is 0.436. The molecule has 5 heteroatoms. The SMILES string of the molecule is c1ccc2c(c1)OB1Oc3ccccc3-c3cc(-n4c5ccccc5c5ccc6c7ccccc7sc6c54)cc-2c31. The van der Waals surface area contributed by atoms with Crippen LogP contribution in [0.4, 0.5) is 0 Å². The molecule has 0 spiro atoms. The van der Waals surface area contributed by atoms with Gasteiger partial charge in [0, 0.05) is 48.5 Å². The summed E-state index contributed by atoms with van der Waals surface area (Å²) in [5.41, 5.74) is 9.21. The first kappa shape index (κ1) is 21.8. The summed E-state index contributed by atoms with van der Waals surface area (Å²) < 4.78 is 18.0. The maximum absolute atomic E-state index is 6.43. The summed E-state index contributed by atoms with van der Waals surface area (Å²) in [6.07, 6.45) is 0. The number of para-hydroxylation sites is 3. The quantitative estimate of drug-likeness (QED) is 0.194. The lowest BCUT2D eigenvalue weighted by Crippen LogP contribution is -2.49. The van der Waals surface area contributed by atoms with Crippen molar-refractivity contribution in [1.82, 2.24) is 4.57 Å². The van der Waals surface area contributed by atoms with Gasteiger partial charge in [0.15, 0.2) is 0 Å². The van der Waals surface area contributed by atoms with Crippen LogP contribution in [0.3, 0.4) is 0 Å². The zero-order valence-corrected chi connectivity index (χ0v) is 22.6. The van der Waals surface area contributed by atoms with E-state index in [1.165, 1.54) is 42.0 Å². The highest BCUT2D eigenvalue weighted by Crippen LogP contribution is 2.46. The number of hydrogen-bond donors (Lipinski definition) is 0. The fourth-order valence-corrected chi connectivity index (χ4v) is 8.16. The molecular formula is C36H20BNO2S. The van der Waals surface area contributed by atoms with Crippen molar-refractivity contribution in [2.24, 2.45) is 0 Å². The molecule has 190 valence electrons. The van der Waals surface area contributed by atoms with Gasteiger partial charge in [0.2, 0.25) is 0 Å². The standard InChI is InChI=1S/C36H20BNO2S/c1-5-13-30-22(9-1)26-17-18-27-25-12-4-8-16-33(25)41-36(27)35(26)38(30)21-19-28-23-10-2-6-14-31(23)39-37-34(28)29(20-21)24-11-3-7-15-32(24)40-37/h1-20H. The van der Waals surface area contributed by atoms with E-state index in [9.17, 15) is 0 Å². The Labute approximate surface area is 239 Å². The Balaban J connectivity index is 1.39. The molecule has 41 heavy (non-hydrogen) atoms. The summed E-state index contributed by atoms with van der Waals surface area (Å²) in [5, 5.41) is 5.15. The van der Waals surface area contributed by atoms with Crippen molar-refractivity contribution >= 4 is 65.9 Å². The second kappa shape index (κ2) is 7.81. The molecular weight excluding hydrogens is 521 g/mol. The molecule has 0 aliphatic carbocycles. The van der Waals surface area contributed by atoms with Crippen molar-refractivity contribution in [1.29, 1.82) is 0 Å². The number of rotatable bonds is 1. The van der Waals surface area contributed by atoms with Crippen molar-refractivity contribution in [3.63, 3.8) is 0 Å². The van der Waals surface area contributed by atoms with Crippen LogP contribution in [0.5, 0.6) is 11.5 Å². The van der Waals surface area contributed by atoms with Crippen molar-refractivity contribution in [2.45, 2.75) is 0 Å². The third-order valence-corrected chi connectivity index (χ3v) is 9.85. The first-order valence-corrected chi connectivity index (χ1v) is 14.7. The number of benzene rings is 6. The van der Waals surface area contributed by atoms with Gasteiger partial charge in [-0.05, 0) is 47.5 Å². The molecule has 0 unspecified atom stereocenters. The van der Waals surface area contributed by atoms with E-state index in [1.54, 1.807) is 0 Å². The second-order valence-corrected chi connectivity index (χ2v) is 11.9. The average molecular weight is 541 g/mol. The van der Waals surface area contributed by atoms with Crippen LogP contribution in [-0.4, -0.2) is 11.7 Å². The van der Waals surface area contributed by atoms with Crippen LogP contribution >= 0.6 is 11.3 Å². The van der Waals surface area contributed by atoms with E-state index < -0.39 is 7.12 Å². The third kappa shape index (κ3) is 2.83. The van der Waals surface area contributed by atoms with Crippen LogP contribution in [0.15, 0.2) is 121 Å². The van der Waals surface area contributed by atoms with Crippen molar-refractivity contribution in [3.8, 4) is 39.4 Å². The Bertz CT molecular complexity index is 2330. The maximum Gasteiger partial charge on any atom is 0.633 e. The zero-order chi connectivity index (χ0) is 26.7. The Hall–Kier alpha value is -5.00. The molecule has 0 fully saturated rings. The molecule has 0 radical (unpaired) electrons. The van der Waals surface area contributed by atoms with Gasteiger partial charge in [-0.15, -0.1) is 11.3 Å². The molecule has 10 rings (SSSR count). The topological polar surface area (TPSA) is 23.4 Å². The van der Waals surface area contributed by atoms with Crippen molar-refractivity contribution in [2.75, 3.05) is 0 Å². The summed E-state index contributed by atoms with van der Waals surface area (Å²) in [6, 6.07) is 43.4. The lowest BCUT2D eigenvalue weighted by Gasteiger charge is -2.32. The van der Waals surface area contributed by atoms with E-state index >= 15 is 0 Å². The van der Waals surface area contributed by atoms with Crippen molar-refractivity contribution < 1.29 is 9.31 Å². The Morgan fingerprint density at radius 3 is 1.90 bits per heavy atom. The van der Waals surface area contributed by atoms with Gasteiger partial charge in [-0.2, -0.15) is 0 Å². The average Bonchev–Trinajstić information content (AvgIpc) is 3.57. The van der Waals surface area contributed by atoms with Crippen LogP contribution in [-0.2, 0) is 0 Å². The largest absolute Gasteiger partial charge is 0.633 e. The molecule has 0 N–H and O–H groups in total. The van der Waals surface area contributed by atoms with Gasteiger partial charge >= 0.3 is 7.12 Å². The highest BCUT2D eigenvalue weighted by Gasteiger charge is 2.41. The summed E-state index contributed by atoms with van der Waals surface area (Å²) in [7, 11) is -0.480. The van der Waals surface area contributed by atoms with E-state index in [4.69, 9.17) is 9.31 Å². The molecule has 6 aromatic carbocycles. The predicted molar refractivity (Wildman–Crippen MR) is 171 cm³/mol. The first-order chi connectivity index (χ1) is 20.3. The molecule has 0 amide bonds. The van der Waals surface area contributed by atoms with E-state index in [0.29, 0.717) is 0 Å². The number of thiophene rings is 1. The minimum atomic E-state index is -0.480. The number of fused-ring (bicyclic) bond motifs is 11. The minimum Gasteiger partial charge on any atom is -0.521 e. The minimum absolute atomic E-state index is 0.480. The van der Waals surface area contributed by atoms with E-state index in [2.05, 4.69) is 102 Å². The smallest absolute Gasteiger partial charge is 0.521 e. The Morgan fingerprint density at radius 2 is 1.15 bits per heavy atom. The van der Waals surface area contributed by atoms with Crippen LogP contribution < -0.4 is 14.8 Å². The summed E-state index contributed by atoms with van der Waals surface area (Å²) >= 11 is 1.88. The monoisotopic (exact) mass is 541 g/mol. The third-order valence-electron chi connectivity index (χ3n) is 8.66. The zero-order valence-electron chi connectivity index (χ0n) is 21.8. The van der Waals surface area contributed by atoms with Gasteiger partial charge in [-0.1, -0.05) is 84.9 Å². The second-order valence-electron chi connectivity index (χ2n) is 10.8. The molecule has 0 bridgehead atoms. The van der Waals surface area contributed by atoms with Crippen LogP contribution in [0.1, 0.15) is 0 Å². The molecule has 2 aliphatic heterocycles. The summed E-state index contributed by atoms with van der Waals surface area (Å²) in [6.45, 7) is 0. The summed E-state index contributed by atoms with van der Waals surface area (Å²) in [5.74, 6) is 1.70. The van der Waals surface area contributed by atoms with Gasteiger partial charge in [0.25, 0.3) is 0 Å². The van der Waals surface area contributed by atoms with Crippen molar-refractivity contribution in [3.05, 3.63) is 121 Å². The van der Waals surface area contributed by atoms with E-state index in [1.807, 2.05) is 35.6 Å². The lowest BCUT2D eigenvalue weighted by atomic mass is 9.66. The molecule has 0 saturated carbocycles. The van der Waals surface area contributed by atoms with Gasteiger partial charge in [-0.3, -0.25) is 0 Å². The first-order valence-electron chi connectivity index (χ1n) is 13.9. The highest BCUT2D eigenvalue weighted by molar-refractivity contribution is 7.26. The van der Waals surface area contributed by atoms with E-state index in [-0.39, 0.29) is 0 Å². The number of hydrogen-bond acceptors (Lipinski definition) is 3. The van der Waals surface area contributed by atoms with E-state index in [0.717, 1.165) is 44.9 Å². The highest BCUT2D eigenvalue weighted by atomic mass is 32.1. The molecule has 2 aliphatic rings. The molecule has 3 nitrogen and oxygen atoms in total. The fourth-order valence-electron chi connectivity index (χ4n) is 6.92. The molecule has 0 saturated heterocycles. The molecule has 4 heterocycles. The van der Waals surface area contributed by atoms with Gasteiger partial charge in [0.1, 0.15) is 11.5 Å². The number of aromatic nitrogens is 1. The Morgan fingerprint density at radius 1 is 0.537 bits per heavy atom. The summed E-state index contributed by atoms with van der Waals surface area (Å²) in [4.78, 5) is 0. The molecule has 8 aromatic rings. The van der Waals surface area contributed by atoms with Crippen LogP contribution in [0.2, 0.25) is 0 Å². The van der Waals surface area contributed by atoms with Crippen LogP contribution in [0, 0.1) is 0 Å². The van der Waals surface area contributed by atoms with Gasteiger partial charge < -0.3 is 13.9 Å². The van der Waals surface area contributed by atoms with Gasteiger partial charge in [-0.25, -0.2) is 0 Å². The fraction of sp³-hybridized carbons (Fsp3) is 0. The van der Waals surface area contributed by atoms with Crippen LogP contribution in [0.25, 0.3) is 69.9 Å². The number of nitrogens with zero attached hydrogens (tertiary/aromatic N) is 1. The molecule has 2 aromatic heterocycles. The molecule has 0 atom stereocenters. The van der Waals surface area contributed by atoms with Gasteiger partial charge in [0.05, 0.1) is 15.7 Å². The Kier molecular flexibility index (Phi) is 4.15.